The number of thiazole rings is 1. The number of amides is 2. The molecule has 5 aromatic rings. The van der Waals surface area contributed by atoms with Crippen molar-refractivity contribution in [2.75, 3.05) is 33.0 Å². The zero-order chi connectivity index (χ0) is 53.1. The first-order chi connectivity index (χ1) is 35.3. The molecule has 4 aromatic carbocycles. The van der Waals surface area contributed by atoms with Crippen LogP contribution in [-0.2, 0) is 38.4 Å². The summed E-state index contributed by atoms with van der Waals surface area (Å²) in [5, 5.41) is 23.1. The lowest BCUT2D eigenvalue weighted by molar-refractivity contribution is -0.143. The van der Waals surface area contributed by atoms with Crippen molar-refractivity contribution in [3.05, 3.63) is 142 Å². The number of fused-ring (bicyclic) bond motifs is 1. The van der Waals surface area contributed by atoms with Crippen molar-refractivity contribution in [2.24, 2.45) is 11.3 Å². The number of β-amino-alcohol motifs (C(OH)–C–C–N with tert-alkyl or cyclic N) is 1. The van der Waals surface area contributed by atoms with Crippen LogP contribution in [-0.4, -0.2) is 93.5 Å². The number of Topliss-reactive ketones (excluding diaryl/α,β-unsaturated/α-hetero) is 1. The first-order valence-corrected chi connectivity index (χ1v) is 26.0. The number of rotatable bonds is 19. The highest BCUT2D eigenvalue weighted by Crippen LogP contribution is 2.52. The highest BCUT2D eigenvalue weighted by Gasteiger charge is 2.53. The largest absolute Gasteiger partial charge is 0.494 e. The summed E-state index contributed by atoms with van der Waals surface area (Å²) >= 11 is 7.33. The maximum absolute atomic E-state index is 14.4. The van der Waals surface area contributed by atoms with Crippen LogP contribution in [0.1, 0.15) is 103 Å². The molecule has 0 radical (unpaired) electrons. The van der Waals surface area contributed by atoms with E-state index >= 15 is 0 Å². The molecular weight excluding hydrogens is 988 g/mol. The zero-order valence-corrected chi connectivity index (χ0v) is 43.7. The van der Waals surface area contributed by atoms with Gasteiger partial charge in [-0.3, -0.25) is 14.4 Å². The minimum absolute atomic E-state index is 0.0590. The Morgan fingerprint density at radius 3 is 2.36 bits per heavy atom. The van der Waals surface area contributed by atoms with Gasteiger partial charge in [0.05, 0.1) is 58.5 Å². The second-order valence-corrected chi connectivity index (χ2v) is 21.3. The van der Waals surface area contributed by atoms with Crippen LogP contribution in [0.15, 0.2) is 97.0 Å². The summed E-state index contributed by atoms with van der Waals surface area (Å²) in [6, 6.07) is 24.5. The molecule has 0 spiro atoms. The Kier molecular flexibility index (Phi) is 16.4. The van der Waals surface area contributed by atoms with Gasteiger partial charge in [0.25, 0.3) is 0 Å². The number of nitrogens with zero attached hydrogens (tertiary/aromatic N) is 4. The normalized spacial score (nSPS) is 19.7. The fourth-order valence-corrected chi connectivity index (χ4v) is 11.9. The molecule has 1 aromatic heterocycles. The van der Waals surface area contributed by atoms with Crippen molar-refractivity contribution in [1.29, 1.82) is 5.26 Å². The van der Waals surface area contributed by atoms with Crippen LogP contribution < -0.4 is 14.8 Å². The average Bonchev–Trinajstić information content (AvgIpc) is 4.12. The number of aliphatic hydroxyl groups excluding tert-OH is 1. The number of hydrogen-bond donors (Lipinski definition) is 2. The summed E-state index contributed by atoms with van der Waals surface area (Å²) in [7, 11) is 0. The molecule has 12 nitrogen and oxygen atoms in total. The Morgan fingerprint density at radius 1 is 1.00 bits per heavy atom. The summed E-state index contributed by atoms with van der Waals surface area (Å²) in [5.41, 5.74) is 5.50. The van der Waals surface area contributed by atoms with E-state index in [9.17, 15) is 37.9 Å². The van der Waals surface area contributed by atoms with Gasteiger partial charge in [0.15, 0.2) is 5.78 Å². The molecular formula is C57H60F3N5O7S2. The molecule has 3 aliphatic rings. The van der Waals surface area contributed by atoms with Gasteiger partial charge in [0, 0.05) is 85.1 Å². The van der Waals surface area contributed by atoms with Crippen LogP contribution >= 0.6 is 23.6 Å². The lowest BCUT2D eigenvalue weighted by Gasteiger charge is -2.36. The fourth-order valence-electron chi connectivity index (χ4n) is 10.4. The van der Waals surface area contributed by atoms with E-state index in [4.69, 9.17) is 26.4 Å². The van der Waals surface area contributed by atoms with E-state index in [0.717, 1.165) is 56.2 Å². The first kappa shape index (κ1) is 53.8. The van der Waals surface area contributed by atoms with Gasteiger partial charge in [-0.15, -0.1) is 11.3 Å². The third kappa shape index (κ3) is 11.3. The number of hydrogen-bond acceptors (Lipinski definition) is 12. The molecule has 2 aliphatic heterocycles. The second kappa shape index (κ2) is 22.6. The summed E-state index contributed by atoms with van der Waals surface area (Å²) < 4.78 is 59.6. The number of nitriles is 1. The summed E-state index contributed by atoms with van der Waals surface area (Å²) in [6.07, 6.45) is -4.30. The number of carbonyl (C=O) groups excluding carboxylic acids is 3. The molecule has 1 aliphatic carbocycles. The third-order valence-corrected chi connectivity index (χ3v) is 15.7. The van der Waals surface area contributed by atoms with E-state index < -0.39 is 52.7 Å². The number of ether oxygens (including phenoxy) is 3. The monoisotopic (exact) mass is 1050 g/mol. The smallest absolute Gasteiger partial charge is 0.417 e. The highest BCUT2D eigenvalue weighted by atomic mass is 32.1. The van der Waals surface area contributed by atoms with Gasteiger partial charge in [-0.1, -0.05) is 101 Å². The van der Waals surface area contributed by atoms with Crippen molar-refractivity contribution in [3.8, 4) is 28.0 Å². The van der Waals surface area contributed by atoms with Crippen LogP contribution in [0.4, 0.5) is 13.2 Å². The van der Waals surface area contributed by atoms with E-state index in [0.29, 0.717) is 62.2 Å². The van der Waals surface area contributed by atoms with E-state index in [-0.39, 0.29) is 48.6 Å². The molecule has 8 rings (SSSR count). The quantitative estimate of drug-likeness (QED) is 0.0600. The topological polar surface area (TPSA) is 154 Å². The maximum Gasteiger partial charge on any atom is 0.417 e. The van der Waals surface area contributed by atoms with Crippen LogP contribution in [0.5, 0.6) is 11.5 Å². The molecule has 1 saturated carbocycles. The predicted molar refractivity (Wildman–Crippen MR) is 280 cm³/mol. The predicted octanol–water partition coefficient (Wildman–Crippen LogP) is 10.2. The van der Waals surface area contributed by atoms with Gasteiger partial charge in [-0.2, -0.15) is 18.4 Å². The Morgan fingerprint density at radius 2 is 1.70 bits per heavy atom. The van der Waals surface area contributed by atoms with E-state index in [1.807, 2.05) is 80.3 Å². The number of aliphatic hydroxyl groups is 1. The number of nitrogens with one attached hydrogen (secondary N) is 1. The summed E-state index contributed by atoms with van der Waals surface area (Å²) in [6.45, 7) is 16.0. The van der Waals surface area contributed by atoms with Gasteiger partial charge < -0.3 is 34.4 Å². The van der Waals surface area contributed by atoms with E-state index in [1.165, 1.54) is 22.3 Å². The second-order valence-electron chi connectivity index (χ2n) is 20.0. The van der Waals surface area contributed by atoms with Crippen LogP contribution in [0.3, 0.4) is 0 Å². The Balaban J connectivity index is 0.815. The third-order valence-electron chi connectivity index (χ3n) is 14.2. The van der Waals surface area contributed by atoms with Gasteiger partial charge in [-0.25, -0.2) is 4.98 Å². The van der Waals surface area contributed by atoms with Crippen molar-refractivity contribution < 1.29 is 46.9 Å². The van der Waals surface area contributed by atoms with Gasteiger partial charge in [-0.05, 0) is 65.4 Å². The van der Waals surface area contributed by atoms with Crippen LogP contribution in [0.25, 0.3) is 16.1 Å². The van der Waals surface area contributed by atoms with Crippen LogP contribution in [0.2, 0.25) is 0 Å². The molecule has 5 atom stereocenters. The number of carbonyl (C=O) groups is 3. The Bertz CT molecular complexity index is 2970. The minimum atomic E-state index is -4.76. The van der Waals surface area contributed by atoms with E-state index in [1.54, 1.807) is 37.6 Å². The molecule has 2 fully saturated rings. The number of ketones is 1. The average molecular weight is 1050 g/mol. The molecule has 2 amide bonds. The molecule has 1 saturated heterocycles. The Labute approximate surface area is 439 Å². The van der Waals surface area contributed by atoms with Crippen LogP contribution in [0, 0.1) is 29.6 Å². The summed E-state index contributed by atoms with van der Waals surface area (Å²) in [4.78, 5) is 51.3. The molecule has 388 valence electrons. The van der Waals surface area contributed by atoms with Gasteiger partial charge in [0.2, 0.25) is 11.8 Å². The number of thiocarbonyl (C=S) groups is 1. The lowest BCUT2D eigenvalue weighted by atomic mass is 9.77. The SMILES string of the molecule is C=C1c2ccccc2CN1[C@H](C(=O)N1C[C@H](O)CC1C(=O)NCc1ccc(-c2scnc2C)cc1OCCCOCCCOc1ccc(C2C(=S)C(c3ccc(C#N)c(C(F)(F)F)c3)C(=O)C2(C)C)cc1)C(C)C. The molecule has 2 N–H and O–H groups in total. The molecule has 3 heterocycles. The van der Waals surface area contributed by atoms with Gasteiger partial charge in [0.1, 0.15) is 23.6 Å². The summed E-state index contributed by atoms with van der Waals surface area (Å²) in [5.74, 6) is -1.31. The van der Waals surface area contributed by atoms with E-state index in [2.05, 4.69) is 16.9 Å². The number of benzene rings is 4. The molecule has 74 heavy (non-hydrogen) atoms. The van der Waals surface area contributed by atoms with Gasteiger partial charge >= 0.3 is 6.18 Å². The Hall–Kier alpha value is -6.45. The fraction of sp³-hybridized carbons (Fsp3) is 0.404. The van der Waals surface area contributed by atoms with Crippen molar-refractivity contribution in [2.45, 2.75) is 103 Å². The lowest BCUT2D eigenvalue weighted by Crippen LogP contribution is -2.54. The number of likely N-dealkylation sites (tertiary alicyclic amines) is 1. The minimum Gasteiger partial charge on any atom is -0.494 e. The van der Waals surface area contributed by atoms with Crippen molar-refractivity contribution >= 4 is 51.7 Å². The first-order valence-electron chi connectivity index (χ1n) is 24.8. The number of halogens is 3. The molecule has 0 bridgehead atoms. The standard InChI is InChI=1S/C57H60F3N5O7S2/c1-33(2)50(64-30-41-11-7-8-12-44(41)35(64)4)55(69)65-31-42(66)27-46(65)54(68)62-29-40-16-14-38(52-34(3)63-32-74-52)26-47(40)72-24-10-22-70-21-9-23-71-43-19-17-36(18-20-43)49-51(73)48(53(67)56(49,5)6)37-13-15-39(28-61)45(25-37)57(58,59)60/h7-8,11-20,25-26,32-33,42,46,48-50,66H,4,9-10,21-24,27,29-31H2,1-3,5-6H3,(H,62,68)/t42-,46?,48?,49?,50+/m1/s1. The maximum atomic E-state index is 14.4. The number of alkyl halides is 3. The molecule has 17 heteroatoms. The highest BCUT2D eigenvalue weighted by molar-refractivity contribution is 7.80. The zero-order valence-electron chi connectivity index (χ0n) is 42.0. The van der Waals surface area contributed by atoms with Crippen molar-refractivity contribution in [1.82, 2.24) is 20.1 Å². The molecule has 3 unspecified atom stereocenters. The number of aromatic nitrogens is 1. The van der Waals surface area contributed by atoms with Crippen molar-refractivity contribution in [3.63, 3.8) is 0 Å². The number of aryl methyl sites for hydroxylation is 1.